The minimum Gasteiger partial charge on any atom is -0.353 e. The molecule has 2 unspecified atom stereocenters. The molecule has 2 N–H and O–H groups in total. The molecule has 1 aliphatic heterocycles. The zero-order valence-electron chi connectivity index (χ0n) is 11.5. The van der Waals surface area contributed by atoms with Crippen molar-refractivity contribution in [1.29, 1.82) is 0 Å². The highest BCUT2D eigenvalue weighted by Gasteiger charge is 2.26. The molecule has 7 heteroatoms. The van der Waals surface area contributed by atoms with Crippen LogP contribution in [0.25, 0.3) is 0 Å². The number of hydrogen-bond donors (Lipinski definition) is 2. The molecule has 0 saturated carbocycles. The molecule has 1 aliphatic rings. The van der Waals surface area contributed by atoms with Crippen molar-refractivity contribution in [2.45, 2.75) is 31.8 Å². The van der Waals surface area contributed by atoms with E-state index in [2.05, 4.69) is 10.6 Å². The lowest BCUT2D eigenvalue weighted by atomic mass is 10.1. The van der Waals surface area contributed by atoms with Gasteiger partial charge in [-0.15, -0.1) is 11.3 Å². The van der Waals surface area contributed by atoms with E-state index in [1.165, 1.54) is 4.88 Å². The van der Waals surface area contributed by atoms with Gasteiger partial charge in [0.15, 0.2) is 9.84 Å². The molecule has 1 fully saturated rings. The van der Waals surface area contributed by atoms with Crippen LogP contribution < -0.4 is 10.6 Å². The molecular weight excluding hydrogens is 296 g/mol. The van der Waals surface area contributed by atoms with Crippen molar-refractivity contribution < 1.29 is 13.2 Å². The van der Waals surface area contributed by atoms with E-state index >= 15 is 0 Å². The zero-order valence-corrected chi connectivity index (χ0v) is 13.1. The van der Waals surface area contributed by atoms with Gasteiger partial charge >= 0.3 is 0 Å². The summed E-state index contributed by atoms with van der Waals surface area (Å²) in [6.07, 6.45) is 1.02. The smallest absolute Gasteiger partial charge is 0.221 e. The summed E-state index contributed by atoms with van der Waals surface area (Å²) in [5, 5.41) is 8.03. The Balaban J connectivity index is 1.77. The first kappa shape index (κ1) is 15.5. The maximum Gasteiger partial charge on any atom is 0.221 e. The second-order valence-electron chi connectivity index (χ2n) is 5.22. The second kappa shape index (κ2) is 6.69. The van der Waals surface area contributed by atoms with Gasteiger partial charge in [-0.3, -0.25) is 4.79 Å². The average Bonchev–Trinajstić information content (AvgIpc) is 2.79. The van der Waals surface area contributed by atoms with Gasteiger partial charge in [0.2, 0.25) is 5.91 Å². The molecule has 0 radical (unpaired) electrons. The Morgan fingerprint density at radius 2 is 2.40 bits per heavy atom. The van der Waals surface area contributed by atoms with Gasteiger partial charge in [-0.2, -0.15) is 0 Å². The number of nitrogens with one attached hydrogen (secondary N) is 2. The lowest BCUT2D eigenvalue weighted by molar-refractivity contribution is -0.122. The number of rotatable bonds is 5. The van der Waals surface area contributed by atoms with E-state index in [4.69, 9.17) is 0 Å². The first-order valence-electron chi connectivity index (χ1n) is 6.70. The molecule has 1 amide bonds. The maximum absolute atomic E-state index is 11.9. The van der Waals surface area contributed by atoms with Crippen LogP contribution in [0.1, 0.15) is 18.2 Å². The molecule has 1 saturated heterocycles. The lowest BCUT2D eigenvalue weighted by Crippen LogP contribution is -2.48. The molecule has 0 spiro atoms. The topological polar surface area (TPSA) is 75.3 Å². The summed E-state index contributed by atoms with van der Waals surface area (Å²) in [5.74, 6) is 0.128. The van der Waals surface area contributed by atoms with Crippen molar-refractivity contribution in [1.82, 2.24) is 10.6 Å². The fourth-order valence-electron chi connectivity index (χ4n) is 2.34. The van der Waals surface area contributed by atoms with Crippen LogP contribution in [0.2, 0.25) is 0 Å². The Labute approximate surface area is 123 Å². The van der Waals surface area contributed by atoms with Crippen LogP contribution in [0.5, 0.6) is 0 Å². The fourth-order valence-corrected chi connectivity index (χ4v) is 4.62. The van der Waals surface area contributed by atoms with Gasteiger partial charge in [0, 0.05) is 36.3 Å². The van der Waals surface area contributed by atoms with Crippen molar-refractivity contribution in [3.63, 3.8) is 0 Å². The zero-order chi connectivity index (χ0) is 14.6. The highest BCUT2D eigenvalue weighted by molar-refractivity contribution is 7.91. The third-order valence-electron chi connectivity index (χ3n) is 3.23. The molecule has 2 heterocycles. The quantitative estimate of drug-likeness (QED) is 0.833. The molecule has 5 nitrogen and oxygen atoms in total. The van der Waals surface area contributed by atoms with E-state index in [-0.39, 0.29) is 35.9 Å². The minimum absolute atomic E-state index is 0.0553. The molecular formula is C13H20N2O3S2. The summed E-state index contributed by atoms with van der Waals surface area (Å²) in [5.41, 5.74) is 0. The van der Waals surface area contributed by atoms with Crippen LogP contribution in [-0.4, -0.2) is 44.5 Å². The average molecular weight is 316 g/mol. The predicted molar refractivity (Wildman–Crippen MR) is 80.7 cm³/mol. The number of carbonyl (C=O) groups is 1. The number of hydrogen-bond acceptors (Lipinski definition) is 5. The normalized spacial score (nSPS) is 23.1. The number of amides is 1. The summed E-state index contributed by atoms with van der Waals surface area (Å²) < 4.78 is 23.0. The molecule has 2 atom stereocenters. The molecule has 20 heavy (non-hydrogen) atoms. The standard InChI is InChI=1S/C13H20N2O3S2/c1-10(7-12-3-2-5-19-12)15-13(16)8-11-9-20(17,18)6-4-14-11/h2-3,5,10-11,14H,4,6-9H2,1H3,(H,15,16). The van der Waals surface area contributed by atoms with Crippen molar-refractivity contribution >= 4 is 27.1 Å². The molecule has 1 aromatic heterocycles. The van der Waals surface area contributed by atoms with Gasteiger partial charge in [0.25, 0.3) is 0 Å². The van der Waals surface area contributed by atoms with Gasteiger partial charge in [-0.05, 0) is 18.4 Å². The van der Waals surface area contributed by atoms with Crippen molar-refractivity contribution in [2.24, 2.45) is 0 Å². The molecule has 2 rings (SSSR count). The van der Waals surface area contributed by atoms with Crippen molar-refractivity contribution in [2.75, 3.05) is 18.1 Å². The Morgan fingerprint density at radius 3 is 3.05 bits per heavy atom. The molecule has 0 aliphatic carbocycles. The van der Waals surface area contributed by atoms with E-state index < -0.39 is 9.84 Å². The number of carbonyl (C=O) groups excluding carboxylic acids is 1. The van der Waals surface area contributed by atoms with Gasteiger partial charge < -0.3 is 10.6 Å². The van der Waals surface area contributed by atoms with Crippen LogP contribution >= 0.6 is 11.3 Å². The largest absolute Gasteiger partial charge is 0.353 e. The highest BCUT2D eigenvalue weighted by atomic mass is 32.2. The maximum atomic E-state index is 11.9. The first-order chi connectivity index (χ1) is 9.44. The van der Waals surface area contributed by atoms with Crippen molar-refractivity contribution in [3.05, 3.63) is 22.4 Å². The van der Waals surface area contributed by atoms with Gasteiger partial charge in [-0.1, -0.05) is 6.07 Å². The Bertz CT molecular complexity index is 540. The number of thiophene rings is 1. The molecule has 0 aromatic carbocycles. The Hall–Kier alpha value is -0.920. The van der Waals surface area contributed by atoms with Crippen LogP contribution in [-0.2, 0) is 21.1 Å². The van der Waals surface area contributed by atoms with Crippen LogP contribution in [0.15, 0.2) is 17.5 Å². The van der Waals surface area contributed by atoms with E-state index in [1.54, 1.807) is 11.3 Å². The summed E-state index contributed by atoms with van der Waals surface area (Å²) in [7, 11) is -2.99. The van der Waals surface area contributed by atoms with Gasteiger partial charge in [-0.25, -0.2) is 8.42 Å². The second-order valence-corrected chi connectivity index (χ2v) is 8.48. The molecule has 0 bridgehead atoms. The van der Waals surface area contributed by atoms with E-state index in [1.807, 2.05) is 24.4 Å². The first-order valence-corrected chi connectivity index (χ1v) is 9.40. The van der Waals surface area contributed by atoms with Gasteiger partial charge in [0.1, 0.15) is 0 Å². The minimum atomic E-state index is -2.99. The summed E-state index contributed by atoms with van der Waals surface area (Å²) in [4.78, 5) is 13.2. The monoisotopic (exact) mass is 316 g/mol. The Kier molecular flexibility index (Phi) is 5.17. The summed E-state index contributed by atoms with van der Waals surface area (Å²) in [6.45, 7) is 2.40. The SMILES string of the molecule is CC(Cc1cccs1)NC(=O)CC1CS(=O)(=O)CCN1. The van der Waals surface area contributed by atoms with E-state index in [0.29, 0.717) is 6.54 Å². The fraction of sp³-hybridized carbons (Fsp3) is 0.615. The van der Waals surface area contributed by atoms with Crippen LogP contribution in [0.3, 0.4) is 0 Å². The third-order valence-corrected chi connectivity index (χ3v) is 5.86. The van der Waals surface area contributed by atoms with Gasteiger partial charge in [0.05, 0.1) is 11.5 Å². The third kappa shape index (κ3) is 4.88. The van der Waals surface area contributed by atoms with E-state index in [9.17, 15) is 13.2 Å². The van der Waals surface area contributed by atoms with Crippen LogP contribution in [0, 0.1) is 0 Å². The molecule has 112 valence electrons. The molecule has 1 aromatic rings. The van der Waals surface area contributed by atoms with Crippen LogP contribution in [0.4, 0.5) is 0 Å². The predicted octanol–water partition coefficient (Wildman–Crippen LogP) is 0.572. The summed E-state index contributed by atoms with van der Waals surface area (Å²) in [6, 6.07) is 3.83. The Morgan fingerprint density at radius 1 is 1.60 bits per heavy atom. The lowest BCUT2D eigenvalue weighted by Gasteiger charge is -2.23. The van der Waals surface area contributed by atoms with E-state index in [0.717, 1.165) is 6.42 Å². The number of sulfone groups is 1. The van der Waals surface area contributed by atoms with Crippen molar-refractivity contribution in [3.8, 4) is 0 Å². The highest BCUT2D eigenvalue weighted by Crippen LogP contribution is 2.11. The summed E-state index contributed by atoms with van der Waals surface area (Å²) >= 11 is 1.67.